The van der Waals surface area contributed by atoms with Gasteiger partial charge in [0.25, 0.3) is 0 Å². The SMILES string of the molecule is CCN(/C(C=C(N)N)=C/N)C(C)C. The van der Waals surface area contributed by atoms with Crippen LogP contribution < -0.4 is 17.2 Å². The van der Waals surface area contributed by atoms with Gasteiger partial charge in [0.15, 0.2) is 0 Å². The average molecular weight is 184 g/mol. The van der Waals surface area contributed by atoms with E-state index in [9.17, 15) is 0 Å². The van der Waals surface area contributed by atoms with Gasteiger partial charge in [-0.1, -0.05) is 0 Å². The Morgan fingerprint density at radius 1 is 1.38 bits per heavy atom. The minimum absolute atomic E-state index is 0.274. The van der Waals surface area contributed by atoms with Crippen molar-refractivity contribution in [3.8, 4) is 0 Å². The van der Waals surface area contributed by atoms with Gasteiger partial charge in [0.2, 0.25) is 0 Å². The van der Waals surface area contributed by atoms with Crippen LogP contribution in [0.3, 0.4) is 0 Å². The lowest BCUT2D eigenvalue weighted by molar-refractivity contribution is 0.306. The van der Waals surface area contributed by atoms with Gasteiger partial charge >= 0.3 is 0 Å². The highest BCUT2D eigenvalue weighted by Crippen LogP contribution is 2.09. The van der Waals surface area contributed by atoms with Crippen molar-refractivity contribution in [2.75, 3.05) is 6.54 Å². The topological polar surface area (TPSA) is 81.3 Å². The number of nitrogens with two attached hydrogens (primary N) is 3. The van der Waals surface area contributed by atoms with Crippen LogP contribution in [0.1, 0.15) is 20.8 Å². The molecule has 0 radical (unpaired) electrons. The zero-order valence-electron chi connectivity index (χ0n) is 8.62. The standard InChI is InChI=1S/C9H20N4/c1-4-13(7(2)3)8(6-10)5-9(11)12/h5-7H,4,10-12H2,1-3H3/b8-6+. The molecule has 76 valence electrons. The molecule has 0 spiro atoms. The van der Waals surface area contributed by atoms with E-state index in [1.165, 1.54) is 6.20 Å². The van der Waals surface area contributed by atoms with Gasteiger partial charge in [-0.2, -0.15) is 0 Å². The van der Waals surface area contributed by atoms with Crippen molar-refractivity contribution in [2.45, 2.75) is 26.8 Å². The molecule has 0 saturated carbocycles. The van der Waals surface area contributed by atoms with Gasteiger partial charge in [-0.15, -0.1) is 0 Å². The summed E-state index contributed by atoms with van der Waals surface area (Å²) in [5.74, 6) is 0.274. The summed E-state index contributed by atoms with van der Waals surface area (Å²) in [6, 6.07) is 0.385. The minimum Gasteiger partial charge on any atom is -0.403 e. The van der Waals surface area contributed by atoms with Crippen LogP contribution in [0.5, 0.6) is 0 Å². The number of allylic oxidation sites excluding steroid dienone is 1. The molecule has 0 atom stereocenters. The summed E-state index contributed by atoms with van der Waals surface area (Å²) in [6.45, 7) is 7.12. The Labute approximate surface area is 80.1 Å². The first-order chi connectivity index (χ1) is 6.02. The largest absolute Gasteiger partial charge is 0.403 e. The van der Waals surface area contributed by atoms with Crippen molar-refractivity contribution in [1.29, 1.82) is 0 Å². The first kappa shape index (κ1) is 11.7. The zero-order chi connectivity index (χ0) is 10.4. The molecule has 0 aliphatic rings. The van der Waals surface area contributed by atoms with E-state index < -0.39 is 0 Å². The van der Waals surface area contributed by atoms with Crippen molar-refractivity contribution < 1.29 is 0 Å². The van der Waals surface area contributed by atoms with Gasteiger partial charge in [0, 0.05) is 24.9 Å². The fraction of sp³-hybridized carbons (Fsp3) is 0.556. The van der Waals surface area contributed by atoms with Gasteiger partial charge < -0.3 is 22.1 Å². The fourth-order valence-electron chi connectivity index (χ4n) is 1.24. The molecule has 6 N–H and O–H groups in total. The molecule has 0 aromatic rings. The highest BCUT2D eigenvalue weighted by Gasteiger charge is 2.08. The van der Waals surface area contributed by atoms with Crippen LogP contribution in [-0.2, 0) is 0 Å². The Hall–Kier alpha value is -1.32. The Morgan fingerprint density at radius 3 is 2.15 bits per heavy atom. The predicted octanol–water partition coefficient (Wildman–Crippen LogP) is 0.276. The first-order valence-corrected chi connectivity index (χ1v) is 4.44. The fourth-order valence-corrected chi connectivity index (χ4v) is 1.24. The van der Waals surface area contributed by atoms with Gasteiger partial charge in [0.05, 0.1) is 11.5 Å². The molecule has 0 heterocycles. The highest BCUT2D eigenvalue weighted by molar-refractivity contribution is 5.19. The zero-order valence-corrected chi connectivity index (χ0v) is 8.62. The molecule has 0 fully saturated rings. The number of nitrogens with zero attached hydrogens (tertiary/aromatic N) is 1. The predicted molar refractivity (Wildman–Crippen MR) is 56.2 cm³/mol. The van der Waals surface area contributed by atoms with Crippen LogP contribution in [0.15, 0.2) is 23.8 Å². The van der Waals surface area contributed by atoms with E-state index in [1.54, 1.807) is 6.08 Å². The van der Waals surface area contributed by atoms with E-state index in [1.807, 2.05) is 0 Å². The monoisotopic (exact) mass is 184 g/mol. The third-order valence-corrected chi connectivity index (χ3v) is 1.78. The summed E-state index contributed by atoms with van der Waals surface area (Å²) >= 11 is 0. The Balaban J connectivity index is 4.66. The second kappa shape index (κ2) is 5.35. The Morgan fingerprint density at radius 2 is 1.92 bits per heavy atom. The summed E-state index contributed by atoms with van der Waals surface area (Å²) in [7, 11) is 0. The molecule has 0 rings (SSSR count). The second-order valence-corrected chi connectivity index (χ2v) is 3.12. The normalized spacial score (nSPS) is 11.5. The number of rotatable bonds is 4. The van der Waals surface area contributed by atoms with Gasteiger partial charge in [0.1, 0.15) is 0 Å². The molecule has 4 heteroatoms. The lowest BCUT2D eigenvalue weighted by Gasteiger charge is -2.28. The van der Waals surface area contributed by atoms with Crippen molar-refractivity contribution in [1.82, 2.24) is 4.90 Å². The molecular weight excluding hydrogens is 164 g/mol. The maximum absolute atomic E-state index is 5.48. The number of hydrogen-bond donors (Lipinski definition) is 3. The summed E-state index contributed by atoms with van der Waals surface area (Å²) in [6.07, 6.45) is 3.19. The van der Waals surface area contributed by atoms with Crippen molar-refractivity contribution in [2.24, 2.45) is 17.2 Å². The third-order valence-electron chi connectivity index (χ3n) is 1.78. The molecular formula is C9H20N4. The molecule has 0 aromatic heterocycles. The first-order valence-electron chi connectivity index (χ1n) is 4.44. The van der Waals surface area contributed by atoms with E-state index in [0.717, 1.165) is 12.2 Å². The van der Waals surface area contributed by atoms with Crippen LogP contribution in [0, 0.1) is 0 Å². The van der Waals surface area contributed by atoms with Gasteiger partial charge in [-0.3, -0.25) is 0 Å². The Bertz CT molecular complexity index is 202. The molecule has 0 amide bonds. The van der Waals surface area contributed by atoms with Crippen LogP contribution in [0.4, 0.5) is 0 Å². The third kappa shape index (κ3) is 3.73. The van der Waals surface area contributed by atoms with Crippen LogP contribution in [-0.4, -0.2) is 17.5 Å². The summed E-state index contributed by atoms with van der Waals surface area (Å²) in [4.78, 5) is 2.11. The number of hydrogen-bond acceptors (Lipinski definition) is 4. The van der Waals surface area contributed by atoms with E-state index in [2.05, 4.69) is 25.7 Å². The maximum Gasteiger partial charge on any atom is 0.0955 e. The molecule has 0 aliphatic heterocycles. The molecule has 0 aliphatic carbocycles. The second-order valence-electron chi connectivity index (χ2n) is 3.12. The van der Waals surface area contributed by atoms with E-state index >= 15 is 0 Å². The lowest BCUT2D eigenvalue weighted by Crippen LogP contribution is -2.30. The Kier molecular flexibility index (Phi) is 4.80. The number of likely N-dealkylation sites (N-methyl/N-ethyl adjacent to an activating group) is 1. The molecule has 4 nitrogen and oxygen atoms in total. The van der Waals surface area contributed by atoms with Crippen LogP contribution in [0.25, 0.3) is 0 Å². The van der Waals surface area contributed by atoms with Crippen molar-refractivity contribution in [3.63, 3.8) is 0 Å². The maximum atomic E-state index is 5.48. The average Bonchev–Trinajstić information content (AvgIpc) is 2.02. The van der Waals surface area contributed by atoms with Crippen LogP contribution >= 0.6 is 0 Å². The van der Waals surface area contributed by atoms with Crippen molar-refractivity contribution >= 4 is 0 Å². The molecule has 0 saturated heterocycles. The van der Waals surface area contributed by atoms with Crippen molar-refractivity contribution in [3.05, 3.63) is 23.8 Å². The van der Waals surface area contributed by atoms with E-state index in [4.69, 9.17) is 17.2 Å². The highest BCUT2D eigenvalue weighted by atomic mass is 15.2. The van der Waals surface area contributed by atoms with E-state index in [0.29, 0.717) is 6.04 Å². The summed E-state index contributed by atoms with van der Waals surface area (Å²) in [5.41, 5.74) is 17.1. The molecule has 0 unspecified atom stereocenters. The molecule has 0 bridgehead atoms. The summed E-state index contributed by atoms with van der Waals surface area (Å²) in [5, 5.41) is 0. The van der Waals surface area contributed by atoms with Gasteiger partial charge in [-0.25, -0.2) is 0 Å². The smallest absolute Gasteiger partial charge is 0.0955 e. The van der Waals surface area contributed by atoms with Crippen LogP contribution in [0.2, 0.25) is 0 Å². The quantitative estimate of drug-likeness (QED) is 0.548. The van der Waals surface area contributed by atoms with E-state index in [-0.39, 0.29) is 5.82 Å². The summed E-state index contributed by atoms with van der Waals surface area (Å²) < 4.78 is 0. The minimum atomic E-state index is 0.274. The lowest BCUT2D eigenvalue weighted by atomic mass is 10.2. The van der Waals surface area contributed by atoms with Gasteiger partial charge in [-0.05, 0) is 20.8 Å². The molecule has 0 aromatic carbocycles. The molecule has 13 heavy (non-hydrogen) atoms.